The molecule has 0 N–H and O–H groups in total. The summed E-state index contributed by atoms with van der Waals surface area (Å²) in [5, 5.41) is 0. The van der Waals surface area contributed by atoms with Gasteiger partial charge in [0.05, 0.1) is 0 Å². The fraction of sp³-hybridized carbons (Fsp3) is 0.385. The van der Waals surface area contributed by atoms with Crippen molar-refractivity contribution in [2.75, 3.05) is 0 Å². The number of hydrogen-bond acceptors (Lipinski definition) is 0. The lowest BCUT2D eigenvalue weighted by atomic mass is 10.0. The highest BCUT2D eigenvalue weighted by molar-refractivity contribution is 5.30. The van der Waals surface area contributed by atoms with Crippen LogP contribution < -0.4 is 0 Å². The molecule has 0 fully saturated rings. The second-order valence-electron chi connectivity index (χ2n) is 3.61. The minimum atomic E-state index is 1.12. The zero-order valence-electron chi connectivity index (χ0n) is 8.64. The van der Waals surface area contributed by atoms with Crippen molar-refractivity contribution in [3.05, 3.63) is 47.5 Å². The second-order valence-corrected chi connectivity index (χ2v) is 3.61. The topological polar surface area (TPSA) is 0 Å². The molecule has 0 aliphatic rings. The molecule has 70 valence electrons. The molecule has 0 nitrogen and oxygen atoms in total. The van der Waals surface area contributed by atoms with E-state index >= 15 is 0 Å². The number of allylic oxidation sites excluding steroid dienone is 1. The first-order chi connectivity index (χ1) is 6.24. The molecule has 0 bridgehead atoms. The lowest BCUT2D eigenvalue weighted by molar-refractivity contribution is 0.838. The van der Waals surface area contributed by atoms with Gasteiger partial charge in [-0.1, -0.05) is 29.8 Å². The van der Waals surface area contributed by atoms with E-state index in [4.69, 9.17) is 0 Å². The van der Waals surface area contributed by atoms with Crippen molar-refractivity contribution in [3.63, 3.8) is 0 Å². The second kappa shape index (κ2) is 4.86. The lowest BCUT2D eigenvalue weighted by Gasteiger charge is -2.05. The summed E-state index contributed by atoms with van der Waals surface area (Å²) in [7, 11) is 0. The highest BCUT2D eigenvalue weighted by Crippen LogP contribution is 2.13. The summed E-state index contributed by atoms with van der Waals surface area (Å²) < 4.78 is 0. The predicted molar refractivity (Wildman–Crippen MR) is 59.1 cm³/mol. The number of unbranched alkanes of at least 4 members (excludes halogenated alkanes) is 1. The van der Waals surface area contributed by atoms with Crippen LogP contribution in [-0.2, 0) is 6.42 Å². The fourth-order valence-corrected chi connectivity index (χ4v) is 1.51. The van der Waals surface area contributed by atoms with Crippen LogP contribution >= 0.6 is 0 Å². The van der Waals surface area contributed by atoms with Gasteiger partial charge in [-0.25, -0.2) is 0 Å². The number of aryl methyl sites for hydroxylation is 3. The van der Waals surface area contributed by atoms with Crippen LogP contribution in [0.25, 0.3) is 0 Å². The highest BCUT2D eigenvalue weighted by Gasteiger charge is 1.97. The Kier molecular flexibility index (Phi) is 3.75. The monoisotopic (exact) mass is 174 g/mol. The molecule has 0 saturated heterocycles. The maximum Gasteiger partial charge on any atom is -0.0273 e. The molecule has 1 aromatic carbocycles. The van der Waals surface area contributed by atoms with Crippen molar-refractivity contribution in [1.82, 2.24) is 0 Å². The van der Waals surface area contributed by atoms with Gasteiger partial charge in [-0.3, -0.25) is 0 Å². The molecule has 0 amide bonds. The van der Waals surface area contributed by atoms with Gasteiger partial charge < -0.3 is 0 Å². The van der Waals surface area contributed by atoms with Crippen LogP contribution in [0.5, 0.6) is 0 Å². The van der Waals surface area contributed by atoms with Gasteiger partial charge in [0.1, 0.15) is 0 Å². The molecule has 13 heavy (non-hydrogen) atoms. The SMILES string of the molecule is C=CCCCc1cc(C)ccc1C. The minimum absolute atomic E-state index is 1.12. The van der Waals surface area contributed by atoms with E-state index < -0.39 is 0 Å². The molecule has 0 aromatic heterocycles. The standard InChI is InChI=1S/C13H18/c1-4-5-6-7-13-10-11(2)8-9-12(13)3/h4,8-10H,1,5-7H2,2-3H3. The Morgan fingerprint density at radius 3 is 2.77 bits per heavy atom. The third-order valence-corrected chi connectivity index (χ3v) is 2.36. The van der Waals surface area contributed by atoms with Gasteiger partial charge in [0.15, 0.2) is 0 Å². The van der Waals surface area contributed by atoms with E-state index in [1.807, 2.05) is 6.08 Å². The van der Waals surface area contributed by atoms with Crippen molar-refractivity contribution in [2.24, 2.45) is 0 Å². The Bertz CT molecular complexity index is 284. The van der Waals surface area contributed by atoms with Crippen LogP contribution in [-0.4, -0.2) is 0 Å². The quantitative estimate of drug-likeness (QED) is 0.481. The third kappa shape index (κ3) is 3.06. The van der Waals surface area contributed by atoms with Crippen LogP contribution in [0, 0.1) is 13.8 Å². The molecule has 0 unspecified atom stereocenters. The molecule has 0 radical (unpaired) electrons. The Labute approximate surface area is 81.3 Å². The summed E-state index contributed by atoms with van der Waals surface area (Å²) in [6, 6.07) is 6.67. The summed E-state index contributed by atoms with van der Waals surface area (Å²) in [5.41, 5.74) is 4.26. The number of benzene rings is 1. The zero-order valence-corrected chi connectivity index (χ0v) is 8.64. The zero-order chi connectivity index (χ0) is 9.68. The van der Waals surface area contributed by atoms with Gasteiger partial charge in [-0.15, -0.1) is 6.58 Å². The van der Waals surface area contributed by atoms with Gasteiger partial charge in [0.2, 0.25) is 0 Å². The summed E-state index contributed by atoms with van der Waals surface area (Å²) in [6.07, 6.45) is 5.51. The van der Waals surface area contributed by atoms with Crippen molar-refractivity contribution < 1.29 is 0 Å². The normalized spacial score (nSPS) is 10.0. The van der Waals surface area contributed by atoms with E-state index in [1.165, 1.54) is 29.5 Å². The Morgan fingerprint density at radius 2 is 2.08 bits per heavy atom. The fourth-order valence-electron chi connectivity index (χ4n) is 1.51. The molecule has 0 heteroatoms. The van der Waals surface area contributed by atoms with E-state index in [1.54, 1.807) is 0 Å². The molecule has 0 heterocycles. The largest absolute Gasteiger partial charge is 0.103 e. The average Bonchev–Trinajstić information content (AvgIpc) is 2.11. The van der Waals surface area contributed by atoms with Crippen LogP contribution in [0.4, 0.5) is 0 Å². The molecule has 1 rings (SSSR count). The highest BCUT2D eigenvalue weighted by atomic mass is 14.0. The number of hydrogen-bond donors (Lipinski definition) is 0. The number of rotatable bonds is 4. The van der Waals surface area contributed by atoms with Crippen LogP contribution in [0.15, 0.2) is 30.9 Å². The first kappa shape index (κ1) is 10.0. The van der Waals surface area contributed by atoms with E-state index in [2.05, 4.69) is 38.6 Å². The minimum Gasteiger partial charge on any atom is -0.103 e. The van der Waals surface area contributed by atoms with E-state index in [9.17, 15) is 0 Å². The molecular formula is C13H18. The van der Waals surface area contributed by atoms with Gasteiger partial charge in [-0.2, -0.15) is 0 Å². The van der Waals surface area contributed by atoms with Crippen LogP contribution in [0.2, 0.25) is 0 Å². The maximum absolute atomic E-state index is 3.73. The van der Waals surface area contributed by atoms with Gasteiger partial charge >= 0.3 is 0 Å². The Morgan fingerprint density at radius 1 is 1.31 bits per heavy atom. The molecule has 0 spiro atoms. The molecule has 0 aliphatic carbocycles. The van der Waals surface area contributed by atoms with Crippen LogP contribution in [0.3, 0.4) is 0 Å². The van der Waals surface area contributed by atoms with Crippen molar-refractivity contribution in [1.29, 1.82) is 0 Å². The molecule has 0 aliphatic heterocycles. The predicted octanol–water partition coefficient (Wildman–Crippen LogP) is 3.81. The molecule has 0 atom stereocenters. The van der Waals surface area contributed by atoms with Crippen molar-refractivity contribution in [2.45, 2.75) is 33.1 Å². The Balaban J connectivity index is 2.64. The molecule has 1 aromatic rings. The van der Waals surface area contributed by atoms with Gasteiger partial charge in [0, 0.05) is 0 Å². The van der Waals surface area contributed by atoms with E-state index in [0.717, 1.165) is 6.42 Å². The Hall–Kier alpha value is -1.04. The maximum atomic E-state index is 3.73. The average molecular weight is 174 g/mol. The molecular weight excluding hydrogens is 156 g/mol. The van der Waals surface area contributed by atoms with Gasteiger partial charge in [-0.05, 0) is 44.2 Å². The van der Waals surface area contributed by atoms with E-state index in [0.29, 0.717) is 0 Å². The summed E-state index contributed by atoms with van der Waals surface area (Å²) in [4.78, 5) is 0. The molecule has 0 saturated carbocycles. The summed E-state index contributed by atoms with van der Waals surface area (Å²) >= 11 is 0. The van der Waals surface area contributed by atoms with Crippen molar-refractivity contribution in [3.8, 4) is 0 Å². The van der Waals surface area contributed by atoms with E-state index in [-0.39, 0.29) is 0 Å². The lowest BCUT2D eigenvalue weighted by Crippen LogP contribution is -1.90. The smallest absolute Gasteiger partial charge is 0.0273 e. The third-order valence-electron chi connectivity index (χ3n) is 2.36. The summed E-state index contributed by atoms with van der Waals surface area (Å²) in [5.74, 6) is 0. The summed E-state index contributed by atoms with van der Waals surface area (Å²) in [6.45, 7) is 8.06. The van der Waals surface area contributed by atoms with Crippen molar-refractivity contribution >= 4 is 0 Å². The first-order valence-electron chi connectivity index (χ1n) is 4.91. The van der Waals surface area contributed by atoms with Gasteiger partial charge in [0.25, 0.3) is 0 Å². The first-order valence-corrected chi connectivity index (χ1v) is 4.91. The van der Waals surface area contributed by atoms with Crippen LogP contribution in [0.1, 0.15) is 29.5 Å².